The minimum absolute atomic E-state index is 0.0276. The summed E-state index contributed by atoms with van der Waals surface area (Å²) in [5.41, 5.74) is 1.83. The zero-order valence-electron chi connectivity index (χ0n) is 17.0. The third-order valence-electron chi connectivity index (χ3n) is 4.13. The van der Waals surface area contributed by atoms with E-state index in [1.165, 1.54) is 19.2 Å². The Morgan fingerprint density at radius 3 is 2.27 bits per heavy atom. The number of nitrogens with zero attached hydrogens (tertiary/aromatic N) is 3. The summed E-state index contributed by atoms with van der Waals surface area (Å²) in [6, 6.07) is 11.9. The Labute approximate surface area is 174 Å². The van der Waals surface area contributed by atoms with Crippen LogP contribution in [0, 0.1) is 12.7 Å². The van der Waals surface area contributed by atoms with E-state index in [9.17, 15) is 12.8 Å². The molecular formula is C20H22FN5O3S. The number of aryl methyl sites for hydroxylation is 1. The van der Waals surface area contributed by atoms with Crippen LogP contribution in [0.3, 0.4) is 0 Å². The van der Waals surface area contributed by atoms with E-state index >= 15 is 0 Å². The lowest BCUT2D eigenvalue weighted by Crippen LogP contribution is -2.13. The Bertz CT molecular complexity index is 1150. The number of aromatic nitrogens is 2. The number of nitrogens with one attached hydrogen (secondary N) is 2. The number of ether oxygens (including phenoxy) is 1. The largest absolute Gasteiger partial charge is 0.494 e. The molecule has 0 saturated carbocycles. The van der Waals surface area contributed by atoms with Crippen LogP contribution in [0.1, 0.15) is 5.69 Å². The number of methoxy groups -OCH3 is 1. The van der Waals surface area contributed by atoms with E-state index in [0.29, 0.717) is 17.3 Å². The second-order valence-electron chi connectivity index (χ2n) is 6.69. The number of benzene rings is 2. The summed E-state index contributed by atoms with van der Waals surface area (Å²) in [5, 5.41) is 3.09. The highest BCUT2D eigenvalue weighted by molar-refractivity contribution is 7.92. The third-order valence-corrected chi connectivity index (χ3v) is 5.50. The average Bonchev–Trinajstić information content (AvgIpc) is 2.68. The Morgan fingerprint density at radius 1 is 1.00 bits per heavy atom. The normalized spacial score (nSPS) is 11.1. The molecule has 0 aliphatic rings. The molecule has 30 heavy (non-hydrogen) atoms. The van der Waals surface area contributed by atoms with Gasteiger partial charge in [-0.05, 0) is 49.4 Å². The first kappa shape index (κ1) is 21.3. The maximum Gasteiger partial charge on any atom is 0.262 e. The van der Waals surface area contributed by atoms with E-state index in [4.69, 9.17) is 4.74 Å². The second kappa shape index (κ2) is 8.54. The first-order valence-electron chi connectivity index (χ1n) is 8.94. The fourth-order valence-electron chi connectivity index (χ4n) is 2.62. The molecule has 1 heterocycles. The quantitative estimate of drug-likeness (QED) is 0.591. The number of hydrogen-bond donors (Lipinski definition) is 2. The van der Waals surface area contributed by atoms with Crippen LogP contribution < -0.4 is 19.7 Å². The molecule has 3 aromatic rings. The van der Waals surface area contributed by atoms with Gasteiger partial charge in [0.1, 0.15) is 5.82 Å². The van der Waals surface area contributed by atoms with Gasteiger partial charge in [-0.1, -0.05) is 0 Å². The van der Waals surface area contributed by atoms with Gasteiger partial charge >= 0.3 is 0 Å². The van der Waals surface area contributed by atoms with Crippen LogP contribution in [0.25, 0.3) is 0 Å². The highest BCUT2D eigenvalue weighted by Gasteiger charge is 2.17. The molecule has 3 rings (SSSR count). The number of anilines is 4. The topological polar surface area (TPSA) is 96.5 Å². The Hall–Kier alpha value is -3.40. The lowest BCUT2D eigenvalue weighted by molar-refractivity contribution is 0.385. The maximum atomic E-state index is 13.8. The second-order valence-corrected chi connectivity index (χ2v) is 8.37. The number of rotatable bonds is 7. The first-order valence-corrected chi connectivity index (χ1v) is 10.4. The van der Waals surface area contributed by atoms with E-state index in [2.05, 4.69) is 20.0 Å². The molecule has 0 atom stereocenters. The van der Waals surface area contributed by atoms with Crippen molar-refractivity contribution in [2.45, 2.75) is 11.8 Å². The summed E-state index contributed by atoms with van der Waals surface area (Å²) in [6.45, 7) is 1.87. The van der Waals surface area contributed by atoms with Crippen molar-refractivity contribution in [2.24, 2.45) is 0 Å². The van der Waals surface area contributed by atoms with Crippen LogP contribution in [0.5, 0.6) is 5.75 Å². The molecule has 0 saturated heterocycles. The van der Waals surface area contributed by atoms with Crippen molar-refractivity contribution < 1.29 is 17.5 Å². The zero-order valence-corrected chi connectivity index (χ0v) is 17.8. The minimum Gasteiger partial charge on any atom is -0.494 e. The molecule has 0 bridgehead atoms. The van der Waals surface area contributed by atoms with Crippen LogP contribution >= 0.6 is 0 Å². The predicted octanol–water partition coefficient (Wildman–Crippen LogP) is 3.54. The fraction of sp³-hybridized carbons (Fsp3) is 0.200. The van der Waals surface area contributed by atoms with Gasteiger partial charge in [-0.25, -0.2) is 17.8 Å². The van der Waals surface area contributed by atoms with Crippen LogP contribution in [0.2, 0.25) is 0 Å². The van der Waals surface area contributed by atoms with E-state index in [-0.39, 0.29) is 10.6 Å². The molecule has 2 aromatic carbocycles. The van der Waals surface area contributed by atoms with Crippen LogP contribution in [-0.2, 0) is 10.0 Å². The minimum atomic E-state index is -3.95. The maximum absolute atomic E-state index is 13.8. The molecule has 8 nitrogen and oxygen atoms in total. The van der Waals surface area contributed by atoms with Crippen LogP contribution in [0.15, 0.2) is 53.4 Å². The Kier molecular flexibility index (Phi) is 6.06. The average molecular weight is 431 g/mol. The standard InChI is InChI=1S/C20H22FN5O3S/c1-13-11-19(26(2)3)24-20(22-13)23-14-5-7-15(8-6-14)25-30(27,28)16-9-10-18(29-4)17(21)12-16/h5-12,25H,1-4H3,(H,22,23,24). The van der Waals surface area contributed by atoms with E-state index in [1.54, 1.807) is 24.3 Å². The molecule has 0 unspecified atom stereocenters. The summed E-state index contributed by atoms with van der Waals surface area (Å²) in [6.07, 6.45) is 0. The van der Waals surface area contributed by atoms with Gasteiger partial charge in [-0.15, -0.1) is 0 Å². The molecule has 158 valence electrons. The molecular weight excluding hydrogens is 409 g/mol. The molecule has 0 aliphatic heterocycles. The van der Waals surface area contributed by atoms with E-state index in [0.717, 1.165) is 17.6 Å². The summed E-state index contributed by atoms with van der Waals surface area (Å²) >= 11 is 0. The van der Waals surface area contributed by atoms with Crippen molar-refractivity contribution >= 4 is 33.2 Å². The molecule has 0 radical (unpaired) electrons. The summed E-state index contributed by atoms with van der Waals surface area (Å²) in [7, 11) is 1.14. The van der Waals surface area contributed by atoms with Gasteiger partial charge in [0.05, 0.1) is 12.0 Å². The lowest BCUT2D eigenvalue weighted by Gasteiger charge is -2.14. The molecule has 1 aromatic heterocycles. The molecule has 0 aliphatic carbocycles. The highest BCUT2D eigenvalue weighted by Crippen LogP contribution is 2.24. The Balaban J connectivity index is 1.75. The van der Waals surface area contributed by atoms with Gasteiger partial charge in [0.2, 0.25) is 5.95 Å². The van der Waals surface area contributed by atoms with Crippen molar-refractivity contribution in [1.82, 2.24) is 9.97 Å². The Morgan fingerprint density at radius 2 is 1.67 bits per heavy atom. The van der Waals surface area contributed by atoms with Crippen molar-refractivity contribution in [2.75, 3.05) is 36.1 Å². The molecule has 10 heteroatoms. The monoisotopic (exact) mass is 431 g/mol. The van der Waals surface area contributed by atoms with Gasteiger partial charge in [0, 0.05) is 37.2 Å². The lowest BCUT2D eigenvalue weighted by atomic mass is 10.3. The van der Waals surface area contributed by atoms with Crippen molar-refractivity contribution in [1.29, 1.82) is 0 Å². The van der Waals surface area contributed by atoms with Crippen LogP contribution in [0.4, 0.5) is 27.5 Å². The fourth-order valence-corrected chi connectivity index (χ4v) is 3.69. The molecule has 0 spiro atoms. The van der Waals surface area contributed by atoms with Crippen molar-refractivity contribution in [3.8, 4) is 5.75 Å². The van der Waals surface area contributed by atoms with Crippen molar-refractivity contribution in [3.63, 3.8) is 0 Å². The molecule has 0 fully saturated rings. The summed E-state index contributed by atoms with van der Waals surface area (Å²) in [5.74, 6) is 0.414. The predicted molar refractivity (Wildman–Crippen MR) is 115 cm³/mol. The number of sulfonamides is 1. The number of hydrogen-bond acceptors (Lipinski definition) is 7. The van der Waals surface area contributed by atoms with E-state index in [1.807, 2.05) is 32.0 Å². The van der Waals surface area contributed by atoms with Gasteiger partial charge < -0.3 is 15.0 Å². The van der Waals surface area contributed by atoms with Crippen molar-refractivity contribution in [3.05, 3.63) is 60.0 Å². The van der Waals surface area contributed by atoms with Gasteiger partial charge in [0.25, 0.3) is 10.0 Å². The summed E-state index contributed by atoms with van der Waals surface area (Å²) < 4.78 is 46.1. The smallest absolute Gasteiger partial charge is 0.262 e. The van der Waals surface area contributed by atoms with E-state index < -0.39 is 15.8 Å². The third kappa shape index (κ3) is 4.95. The van der Waals surface area contributed by atoms with Gasteiger partial charge in [-0.2, -0.15) is 4.98 Å². The van der Waals surface area contributed by atoms with Gasteiger partial charge in [-0.3, -0.25) is 4.72 Å². The van der Waals surface area contributed by atoms with Crippen LogP contribution in [-0.4, -0.2) is 39.6 Å². The highest BCUT2D eigenvalue weighted by atomic mass is 32.2. The van der Waals surface area contributed by atoms with Gasteiger partial charge in [0.15, 0.2) is 11.6 Å². The zero-order chi connectivity index (χ0) is 21.9. The molecule has 2 N–H and O–H groups in total. The molecule has 0 amide bonds. The summed E-state index contributed by atoms with van der Waals surface area (Å²) in [4.78, 5) is 10.4. The first-order chi connectivity index (χ1) is 14.2. The SMILES string of the molecule is COc1ccc(S(=O)(=O)Nc2ccc(Nc3nc(C)cc(N(C)C)n3)cc2)cc1F. The number of halogens is 1.